The van der Waals surface area contributed by atoms with Crippen LogP contribution in [-0.4, -0.2) is 4.98 Å². The van der Waals surface area contributed by atoms with E-state index in [9.17, 15) is 0 Å². The van der Waals surface area contributed by atoms with E-state index in [1.807, 2.05) is 26.0 Å². The second kappa shape index (κ2) is 4.78. The maximum atomic E-state index is 5.94. The molecule has 0 aliphatic carbocycles. The molecule has 0 spiro atoms. The summed E-state index contributed by atoms with van der Waals surface area (Å²) >= 11 is 0. The van der Waals surface area contributed by atoms with E-state index in [4.69, 9.17) is 5.73 Å². The van der Waals surface area contributed by atoms with Crippen molar-refractivity contribution < 1.29 is 0 Å². The van der Waals surface area contributed by atoms with Crippen LogP contribution in [0.5, 0.6) is 0 Å². The van der Waals surface area contributed by atoms with E-state index in [-0.39, 0.29) is 0 Å². The van der Waals surface area contributed by atoms with Crippen LogP contribution in [0.1, 0.15) is 30.8 Å². The van der Waals surface area contributed by atoms with Gasteiger partial charge < -0.3 is 5.73 Å². The molecule has 1 aromatic heterocycles. The summed E-state index contributed by atoms with van der Waals surface area (Å²) in [6.07, 6.45) is 4.69. The Morgan fingerprint density at radius 2 is 2.27 bits per heavy atom. The molecule has 1 rings (SSSR count). The molecule has 0 saturated heterocycles. The van der Waals surface area contributed by atoms with Crippen molar-refractivity contribution in [2.24, 2.45) is 0 Å². The monoisotopic (exact) mass is 202 g/mol. The number of pyridine rings is 1. The van der Waals surface area contributed by atoms with Gasteiger partial charge in [0.2, 0.25) is 0 Å². The van der Waals surface area contributed by atoms with Crippen LogP contribution in [-0.2, 0) is 6.42 Å². The molecule has 0 amide bonds. The highest BCUT2D eigenvalue weighted by Gasteiger charge is 2.06. The number of nitrogen functional groups attached to an aromatic ring is 1. The molecule has 0 saturated carbocycles. The van der Waals surface area contributed by atoms with E-state index >= 15 is 0 Å². The van der Waals surface area contributed by atoms with Gasteiger partial charge in [-0.1, -0.05) is 25.7 Å². The topological polar surface area (TPSA) is 38.9 Å². The zero-order valence-electron chi connectivity index (χ0n) is 9.67. The summed E-state index contributed by atoms with van der Waals surface area (Å²) in [4.78, 5) is 4.57. The first-order valence-electron chi connectivity index (χ1n) is 5.19. The molecule has 0 aliphatic heterocycles. The molecule has 2 heteroatoms. The number of nitrogens with zero attached hydrogens (tertiary/aromatic N) is 1. The summed E-state index contributed by atoms with van der Waals surface area (Å²) in [5.41, 5.74) is 10.8. The number of allylic oxidation sites excluding steroid dienone is 3. The number of nitrogens with two attached hydrogens (primary N) is 1. The molecule has 1 heterocycles. The van der Waals surface area contributed by atoms with Crippen molar-refractivity contribution in [1.29, 1.82) is 0 Å². The lowest BCUT2D eigenvalue weighted by atomic mass is 10.1. The van der Waals surface area contributed by atoms with E-state index in [0.29, 0.717) is 0 Å². The Kier molecular flexibility index (Phi) is 3.67. The summed E-state index contributed by atoms with van der Waals surface area (Å²) in [5, 5.41) is 0. The Balaban J connectivity index is 3.34. The van der Waals surface area contributed by atoms with Gasteiger partial charge in [0, 0.05) is 11.4 Å². The lowest BCUT2D eigenvalue weighted by Crippen LogP contribution is -2.01. The predicted molar refractivity (Wildman–Crippen MR) is 66.6 cm³/mol. The van der Waals surface area contributed by atoms with E-state index in [1.54, 1.807) is 6.08 Å². The maximum Gasteiger partial charge on any atom is 0.0722 e. The number of anilines is 1. The van der Waals surface area contributed by atoms with Crippen LogP contribution in [0.25, 0.3) is 5.57 Å². The normalized spacial score (nSPS) is 11.5. The third-order valence-corrected chi connectivity index (χ3v) is 2.58. The summed E-state index contributed by atoms with van der Waals surface area (Å²) in [5.74, 6) is 0. The molecule has 0 unspecified atom stereocenters. The molecule has 0 radical (unpaired) electrons. The van der Waals surface area contributed by atoms with Crippen molar-refractivity contribution in [3.63, 3.8) is 0 Å². The van der Waals surface area contributed by atoms with Gasteiger partial charge in [-0.15, -0.1) is 0 Å². The number of aromatic nitrogens is 1. The minimum absolute atomic E-state index is 0.804. The van der Waals surface area contributed by atoms with Gasteiger partial charge in [0.05, 0.1) is 5.69 Å². The van der Waals surface area contributed by atoms with Crippen molar-refractivity contribution in [3.8, 4) is 0 Å². The van der Waals surface area contributed by atoms with Crippen LogP contribution in [0.4, 0.5) is 5.69 Å². The van der Waals surface area contributed by atoms with Crippen LogP contribution in [0, 0.1) is 6.92 Å². The Morgan fingerprint density at radius 1 is 1.60 bits per heavy atom. The molecule has 0 fully saturated rings. The third kappa shape index (κ3) is 2.27. The molecule has 2 N–H and O–H groups in total. The van der Waals surface area contributed by atoms with Crippen LogP contribution in [0.3, 0.4) is 0 Å². The highest BCUT2D eigenvalue weighted by molar-refractivity contribution is 5.73. The molecule has 0 bridgehead atoms. The second-order valence-electron chi connectivity index (χ2n) is 3.47. The smallest absolute Gasteiger partial charge is 0.0722 e. The molecule has 0 aromatic carbocycles. The fourth-order valence-corrected chi connectivity index (χ4v) is 1.55. The lowest BCUT2D eigenvalue weighted by molar-refractivity contribution is 1.00. The van der Waals surface area contributed by atoms with Crippen LogP contribution < -0.4 is 5.73 Å². The van der Waals surface area contributed by atoms with Crippen molar-refractivity contribution in [2.75, 3.05) is 5.73 Å². The minimum atomic E-state index is 0.804. The average Bonchev–Trinajstić information content (AvgIpc) is 2.24. The number of aryl methyl sites for hydroxylation is 1. The first-order chi connectivity index (χ1) is 7.13. The number of hydrogen-bond donors (Lipinski definition) is 1. The first-order valence-corrected chi connectivity index (χ1v) is 5.19. The fraction of sp³-hybridized carbons (Fsp3) is 0.308. The molecular weight excluding hydrogens is 184 g/mol. The quantitative estimate of drug-likeness (QED) is 0.765. The Bertz CT molecular complexity index is 403. The first kappa shape index (κ1) is 11.5. The fourth-order valence-electron chi connectivity index (χ4n) is 1.55. The molecule has 0 aliphatic rings. The van der Waals surface area contributed by atoms with Gasteiger partial charge in [0.15, 0.2) is 0 Å². The van der Waals surface area contributed by atoms with Gasteiger partial charge >= 0.3 is 0 Å². The highest BCUT2D eigenvalue weighted by atomic mass is 14.7. The summed E-state index contributed by atoms with van der Waals surface area (Å²) in [7, 11) is 0. The largest absolute Gasteiger partial charge is 0.398 e. The summed E-state index contributed by atoms with van der Waals surface area (Å²) in [6, 6.07) is 1.91. The molecular formula is C13H18N2. The van der Waals surface area contributed by atoms with Crippen molar-refractivity contribution in [2.45, 2.75) is 27.2 Å². The molecule has 15 heavy (non-hydrogen) atoms. The van der Waals surface area contributed by atoms with Gasteiger partial charge in [-0.25, -0.2) is 0 Å². The Labute approximate surface area is 91.5 Å². The second-order valence-corrected chi connectivity index (χ2v) is 3.47. The van der Waals surface area contributed by atoms with E-state index in [1.165, 1.54) is 0 Å². The molecule has 80 valence electrons. The highest BCUT2D eigenvalue weighted by Crippen LogP contribution is 2.21. The van der Waals surface area contributed by atoms with Crippen LogP contribution in [0.15, 0.2) is 24.8 Å². The summed E-state index contributed by atoms with van der Waals surface area (Å²) in [6.45, 7) is 9.83. The van der Waals surface area contributed by atoms with Crippen LogP contribution >= 0.6 is 0 Å². The van der Waals surface area contributed by atoms with Gasteiger partial charge in [0.25, 0.3) is 0 Å². The Morgan fingerprint density at radius 3 is 2.73 bits per heavy atom. The van der Waals surface area contributed by atoms with Gasteiger partial charge in [-0.05, 0) is 37.5 Å². The average molecular weight is 202 g/mol. The van der Waals surface area contributed by atoms with Crippen LogP contribution in [0.2, 0.25) is 0 Å². The SMILES string of the molecule is C=CC(=CC)c1cc(N)c(C)c(CC)n1. The van der Waals surface area contributed by atoms with E-state index in [2.05, 4.69) is 18.5 Å². The van der Waals surface area contributed by atoms with Crippen molar-refractivity contribution >= 4 is 11.3 Å². The summed E-state index contributed by atoms with van der Waals surface area (Å²) < 4.78 is 0. The molecule has 0 atom stereocenters. The number of hydrogen-bond acceptors (Lipinski definition) is 2. The van der Waals surface area contributed by atoms with E-state index < -0.39 is 0 Å². The lowest BCUT2D eigenvalue weighted by Gasteiger charge is -2.09. The molecule has 2 nitrogen and oxygen atoms in total. The zero-order chi connectivity index (χ0) is 11.4. The van der Waals surface area contributed by atoms with Gasteiger partial charge in [-0.3, -0.25) is 4.98 Å². The van der Waals surface area contributed by atoms with Crippen molar-refractivity contribution in [1.82, 2.24) is 4.98 Å². The maximum absolute atomic E-state index is 5.94. The predicted octanol–water partition coefficient (Wildman–Crippen LogP) is 3.12. The Hall–Kier alpha value is -1.57. The number of rotatable bonds is 3. The zero-order valence-corrected chi connectivity index (χ0v) is 9.67. The minimum Gasteiger partial charge on any atom is -0.398 e. The van der Waals surface area contributed by atoms with E-state index in [0.717, 1.165) is 34.6 Å². The third-order valence-electron chi connectivity index (χ3n) is 2.58. The van der Waals surface area contributed by atoms with Gasteiger partial charge in [0.1, 0.15) is 0 Å². The standard InChI is InChI=1S/C13H18N2/c1-5-10(6-2)13-8-11(14)9(4)12(7-3)15-13/h5-6,8H,1,7H2,2-4H3,(H2,14,15). The van der Waals surface area contributed by atoms with Crippen molar-refractivity contribution in [3.05, 3.63) is 41.7 Å². The molecule has 1 aromatic rings. The van der Waals surface area contributed by atoms with Gasteiger partial charge in [-0.2, -0.15) is 0 Å².